The van der Waals surface area contributed by atoms with Gasteiger partial charge < -0.3 is 20.3 Å². The molecule has 0 aliphatic carbocycles. The number of halogens is 2. The Kier molecular flexibility index (Phi) is 7.81. The minimum atomic E-state index is -2.87. The molecule has 2 aromatic carbocycles. The van der Waals surface area contributed by atoms with Gasteiger partial charge in [0.1, 0.15) is 5.75 Å². The van der Waals surface area contributed by atoms with Gasteiger partial charge in [0.25, 0.3) is 0 Å². The number of amides is 1. The molecule has 1 fully saturated rings. The number of carbonyl (C=O) groups excluding carboxylic acids is 1. The van der Waals surface area contributed by atoms with Crippen molar-refractivity contribution in [3.05, 3.63) is 64.7 Å². The highest BCUT2D eigenvalue weighted by Crippen LogP contribution is 2.22. The Morgan fingerprint density at radius 3 is 2.65 bits per heavy atom. The van der Waals surface area contributed by atoms with E-state index >= 15 is 0 Å². The molecule has 1 aliphatic heterocycles. The quantitative estimate of drug-likeness (QED) is 0.496. The number of nitrogens with zero attached hydrogens (tertiary/aromatic N) is 2. The SMILES string of the molecule is CN=C(NCc1cccc(CN2CCCC2=O)c1)NCc1cc(C)ccc1OC(F)F. The molecule has 6 nitrogen and oxygen atoms in total. The Labute approximate surface area is 181 Å². The summed E-state index contributed by atoms with van der Waals surface area (Å²) in [6.07, 6.45) is 1.56. The molecule has 1 saturated heterocycles. The second kappa shape index (κ2) is 10.7. The van der Waals surface area contributed by atoms with Crippen LogP contribution in [-0.4, -0.2) is 37.0 Å². The van der Waals surface area contributed by atoms with E-state index in [-0.39, 0.29) is 11.7 Å². The number of alkyl halides is 2. The largest absolute Gasteiger partial charge is 0.434 e. The minimum Gasteiger partial charge on any atom is -0.434 e. The van der Waals surface area contributed by atoms with Gasteiger partial charge in [0.05, 0.1) is 0 Å². The number of hydrogen-bond acceptors (Lipinski definition) is 3. The number of carbonyl (C=O) groups is 1. The van der Waals surface area contributed by atoms with Gasteiger partial charge in [0, 0.05) is 45.2 Å². The molecule has 0 spiro atoms. The number of rotatable bonds is 8. The topological polar surface area (TPSA) is 66.0 Å². The Morgan fingerprint density at radius 1 is 1.16 bits per heavy atom. The third kappa shape index (κ3) is 6.67. The first kappa shape index (κ1) is 22.5. The summed E-state index contributed by atoms with van der Waals surface area (Å²) in [6.45, 7) is 1.29. The molecule has 166 valence electrons. The molecule has 1 amide bonds. The van der Waals surface area contributed by atoms with Crippen molar-refractivity contribution in [3.8, 4) is 5.75 Å². The minimum absolute atomic E-state index is 0.146. The maximum absolute atomic E-state index is 12.7. The van der Waals surface area contributed by atoms with Gasteiger partial charge in [0.2, 0.25) is 5.91 Å². The number of guanidine groups is 1. The molecule has 2 aromatic rings. The van der Waals surface area contributed by atoms with Crippen LogP contribution in [0.1, 0.15) is 35.1 Å². The second-order valence-corrected chi connectivity index (χ2v) is 7.51. The Bertz CT molecular complexity index is 934. The van der Waals surface area contributed by atoms with E-state index in [1.54, 1.807) is 25.2 Å². The molecular weight excluding hydrogens is 402 g/mol. The molecule has 0 atom stereocenters. The summed E-state index contributed by atoms with van der Waals surface area (Å²) in [5.41, 5.74) is 3.73. The first-order valence-electron chi connectivity index (χ1n) is 10.3. The van der Waals surface area contributed by atoms with Crippen LogP contribution in [-0.2, 0) is 24.4 Å². The van der Waals surface area contributed by atoms with Crippen molar-refractivity contribution in [1.82, 2.24) is 15.5 Å². The number of aryl methyl sites for hydroxylation is 1. The van der Waals surface area contributed by atoms with Crippen LogP contribution in [0.2, 0.25) is 0 Å². The first-order valence-corrected chi connectivity index (χ1v) is 10.3. The van der Waals surface area contributed by atoms with Gasteiger partial charge in [-0.2, -0.15) is 8.78 Å². The molecule has 0 bridgehead atoms. The monoisotopic (exact) mass is 430 g/mol. The van der Waals surface area contributed by atoms with Crippen molar-refractivity contribution in [2.24, 2.45) is 4.99 Å². The molecule has 1 aliphatic rings. The fraction of sp³-hybridized carbons (Fsp3) is 0.391. The van der Waals surface area contributed by atoms with Crippen LogP contribution < -0.4 is 15.4 Å². The molecule has 2 N–H and O–H groups in total. The average Bonchev–Trinajstić information content (AvgIpc) is 3.14. The van der Waals surface area contributed by atoms with E-state index in [1.807, 2.05) is 30.0 Å². The smallest absolute Gasteiger partial charge is 0.387 e. The maximum atomic E-state index is 12.7. The van der Waals surface area contributed by atoms with Crippen LogP contribution in [0.3, 0.4) is 0 Å². The molecule has 0 unspecified atom stereocenters. The Morgan fingerprint density at radius 2 is 1.94 bits per heavy atom. The summed E-state index contributed by atoms with van der Waals surface area (Å²) in [5.74, 6) is 0.900. The number of hydrogen-bond donors (Lipinski definition) is 2. The standard InChI is InChI=1S/C23H28F2N4O2/c1-16-8-9-20(31-22(24)25)19(11-16)14-28-23(26-2)27-13-17-5-3-6-18(12-17)15-29-10-4-7-21(29)30/h3,5-6,8-9,11-12,22H,4,7,10,13-15H2,1-2H3,(H2,26,27,28). The normalized spacial score (nSPS) is 14.3. The van der Waals surface area contributed by atoms with E-state index in [2.05, 4.69) is 26.4 Å². The first-order chi connectivity index (χ1) is 14.9. The van der Waals surface area contributed by atoms with Crippen LogP contribution in [0.4, 0.5) is 8.78 Å². The van der Waals surface area contributed by atoms with Gasteiger partial charge in [-0.3, -0.25) is 9.79 Å². The van der Waals surface area contributed by atoms with Gasteiger partial charge in [-0.05, 0) is 30.5 Å². The number of ether oxygens (including phenoxy) is 1. The number of likely N-dealkylation sites (tertiary alicyclic amines) is 1. The van der Waals surface area contributed by atoms with E-state index in [9.17, 15) is 13.6 Å². The van der Waals surface area contributed by atoms with Crippen molar-refractivity contribution in [2.45, 2.75) is 46.0 Å². The Balaban J connectivity index is 1.56. The highest BCUT2D eigenvalue weighted by Gasteiger charge is 2.20. The van der Waals surface area contributed by atoms with Crippen molar-refractivity contribution >= 4 is 11.9 Å². The lowest BCUT2D eigenvalue weighted by atomic mass is 10.1. The number of benzene rings is 2. The van der Waals surface area contributed by atoms with E-state index in [4.69, 9.17) is 0 Å². The maximum Gasteiger partial charge on any atom is 0.387 e. The van der Waals surface area contributed by atoms with Crippen LogP contribution in [0.15, 0.2) is 47.5 Å². The third-order valence-electron chi connectivity index (χ3n) is 5.10. The van der Waals surface area contributed by atoms with Crippen LogP contribution in [0.25, 0.3) is 0 Å². The van der Waals surface area contributed by atoms with Gasteiger partial charge >= 0.3 is 6.61 Å². The summed E-state index contributed by atoms with van der Waals surface area (Å²) >= 11 is 0. The highest BCUT2D eigenvalue weighted by molar-refractivity contribution is 5.79. The fourth-order valence-corrected chi connectivity index (χ4v) is 3.57. The lowest BCUT2D eigenvalue weighted by Gasteiger charge is -2.17. The fourth-order valence-electron chi connectivity index (χ4n) is 3.57. The molecular formula is C23H28F2N4O2. The molecule has 0 saturated carbocycles. The lowest BCUT2D eigenvalue weighted by molar-refractivity contribution is -0.128. The van der Waals surface area contributed by atoms with Crippen LogP contribution in [0, 0.1) is 6.92 Å². The zero-order valence-electron chi connectivity index (χ0n) is 17.8. The average molecular weight is 430 g/mol. The number of nitrogens with one attached hydrogen (secondary N) is 2. The van der Waals surface area contributed by atoms with E-state index < -0.39 is 6.61 Å². The summed E-state index contributed by atoms with van der Waals surface area (Å²) < 4.78 is 29.9. The number of aliphatic imine (C=N–C) groups is 1. The summed E-state index contributed by atoms with van der Waals surface area (Å²) in [6, 6.07) is 13.2. The molecule has 3 rings (SSSR count). The third-order valence-corrected chi connectivity index (χ3v) is 5.10. The molecule has 0 radical (unpaired) electrons. The van der Waals surface area contributed by atoms with Crippen LogP contribution in [0.5, 0.6) is 5.75 Å². The molecule has 0 aromatic heterocycles. The van der Waals surface area contributed by atoms with E-state index in [0.717, 1.165) is 29.7 Å². The van der Waals surface area contributed by atoms with E-state index in [0.29, 0.717) is 37.6 Å². The highest BCUT2D eigenvalue weighted by atomic mass is 19.3. The molecule has 31 heavy (non-hydrogen) atoms. The van der Waals surface area contributed by atoms with Gasteiger partial charge in [-0.1, -0.05) is 42.0 Å². The lowest BCUT2D eigenvalue weighted by Crippen LogP contribution is -2.36. The van der Waals surface area contributed by atoms with E-state index in [1.165, 1.54) is 0 Å². The zero-order valence-corrected chi connectivity index (χ0v) is 17.8. The van der Waals surface area contributed by atoms with Gasteiger partial charge in [0.15, 0.2) is 5.96 Å². The van der Waals surface area contributed by atoms with Crippen molar-refractivity contribution in [3.63, 3.8) is 0 Å². The molecule has 8 heteroatoms. The summed E-state index contributed by atoms with van der Waals surface area (Å²) in [5, 5.41) is 6.37. The summed E-state index contributed by atoms with van der Waals surface area (Å²) in [7, 11) is 1.65. The Hall–Kier alpha value is -3.16. The van der Waals surface area contributed by atoms with Gasteiger partial charge in [-0.15, -0.1) is 0 Å². The zero-order chi connectivity index (χ0) is 22.2. The summed E-state index contributed by atoms with van der Waals surface area (Å²) in [4.78, 5) is 17.9. The van der Waals surface area contributed by atoms with Crippen molar-refractivity contribution < 1.29 is 18.3 Å². The van der Waals surface area contributed by atoms with Gasteiger partial charge in [-0.25, -0.2) is 0 Å². The van der Waals surface area contributed by atoms with Crippen molar-refractivity contribution in [1.29, 1.82) is 0 Å². The molecule has 1 heterocycles. The second-order valence-electron chi connectivity index (χ2n) is 7.51. The van der Waals surface area contributed by atoms with Crippen molar-refractivity contribution in [2.75, 3.05) is 13.6 Å². The predicted octanol–water partition coefficient (Wildman–Crippen LogP) is 3.58. The van der Waals surface area contributed by atoms with Crippen LogP contribution >= 0.6 is 0 Å². The predicted molar refractivity (Wildman–Crippen MR) is 116 cm³/mol.